The summed E-state index contributed by atoms with van der Waals surface area (Å²) in [6.45, 7) is 6.57. The van der Waals surface area contributed by atoms with Gasteiger partial charge in [-0.05, 0) is 38.0 Å². The number of hydrogen-bond acceptors (Lipinski definition) is 7. The summed E-state index contributed by atoms with van der Waals surface area (Å²) in [5, 5.41) is 23.0. The van der Waals surface area contributed by atoms with Crippen LogP contribution < -0.4 is 5.32 Å². The highest BCUT2D eigenvalue weighted by Gasteiger charge is 2.60. The monoisotopic (exact) mass is 563 g/mol. The first-order valence-corrected chi connectivity index (χ1v) is 14.3. The third-order valence-corrected chi connectivity index (χ3v) is 9.56. The molecule has 0 radical (unpaired) electrons. The van der Waals surface area contributed by atoms with Crippen molar-refractivity contribution in [1.82, 2.24) is 9.80 Å². The molecule has 3 aliphatic heterocycles. The lowest BCUT2D eigenvalue weighted by molar-refractivity contribution is -0.163. The lowest BCUT2D eigenvalue weighted by atomic mass is 9.79. The zero-order valence-corrected chi connectivity index (χ0v) is 23.4. The number of fused-ring (bicyclic) bond motifs is 1. The lowest BCUT2D eigenvalue weighted by Crippen LogP contribution is -2.63. The zero-order chi connectivity index (χ0) is 28.7. The van der Waals surface area contributed by atoms with Crippen molar-refractivity contribution in [3.63, 3.8) is 0 Å². The number of aliphatic carboxylic acids is 1. The van der Waals surface area contributed by atoms with Crippen molar-refractivity contribution in [2.45, 2.75) is 57.2 Å². The van der Waals surface area contributed by atoms with Gasteiger partial charge in [-0.25, -0.2) is 4.79 Å². The molecule has 210 valence electrons. The highest BCUT2D eigenvalue weighted by atomic mass is 32.2. The summed E-state index contributed by atoms with van der Waals surface area (Å²) in [6, 6.07) is 14.0. The summed E-state index contributed by atoms with van der Waals surface area (Å²) < 4.78 is 0. The Kier molecular flexibility index (Phi) is 7.85. The van der Waals surface area contributed by atoms with Gasteiger partial charge in [0.2, 0.25) is 11.8 Å². The number of carboxylic acid groups (broad SMARTS) is 1. The molecular formula is C30H33N3O6S. The van der Waals surface area contributed by atoms with Gasteiger partial charge in [0.05, 0.1) is 24.1 Å². The van der Waals surface area contributed by atoms with Crippen LogP contribution in [0.5, 0.6) is 0 Å². The van der Waals surface area contributed by atoms with E-state index in [0.717, 1.165) is 17.4 Å². The van der Waals surface area contributed by atoms with Gasteiger partial charge < -0.3 is 20.4 Å². The maximum Gasteiger partial charge on any atom is 0.353 e. The number of carbonyl (C=O) groups is 4. The molecule has 2 aromatic carbocycles. The molecule has 0 aliphatic carbocycles. The first kappa shape index (κ1) is 28.1. The van der Waals surface area contributed by atoms with Gasteiger partial charge in [0.1, 0.15) is 12.0 Å². The molecule has 5 rings (SSSR count). The Bertz CT molecular complexity index is 1370. The van der Waals surface area contributed by atoms with Crippen LogP contribution in [0.1, 0.15) is 41.8 Å². The number of aliphatic hydroxyl groups is 1. The second kappa shape index (κ2) is 11.2. The summed E-state index contributed by atoms with van der Waals surface area (Å²) in [7, 11) is 0. The Balaban J connectivity index is 1.39. The van der Waals surface area contributed by atoms with Crippen LogP contribution in [0, 0.1) is 18.8 Å². The molecule has 2 aromatic rings. The minimum atomic E-state index is -1.16. The number of thioether (sulfide) groups is 1. The highest BCUT2D eigenvalue weighted by Crippen LogP contribution is 2.52. The summed E-state index contributed by atoms with van der Waals surface area (Å²) in [4.78, 5) is 53.8. The van der Waals surface area contributed by atoms with Gasteiger partial charge >= 0.3 is 5.97 Å². The molecule has 3 N–H and O–H groups in total. The van der Waals surface area contributed by atoms with Crippen molar-refractivity contribution >= 4 is 41.5 Å². The molecule has 9 nitrogen and oxygen atoms in total. The Labute approximate surface area is 237 Å². The number of likely N-dealkylation sites (tertiary alicyclic amines) is 1. The van der Waals surface area contributed by atoms with E-state index in [1.54, 1.807) is 31.2 Å². The van der Waals surface area contributed by atoms with E-state index in [4.69, 9.17) is 0 Å². The van der Waals surface area contributed by atoms with Gasteiger partial charge in [-0.15, -0.1) is 11.8 Å². The topological polar surface area (TPSA) is 127 Å². The van der Waals surface area contributed by atoms with Crippen molar-refractivity contribution in [3.05, 3.63) is 75.8 Å². The predicted molar refractivity (Wildman–Crippen MR) is 151 cm³/mol. The molecule has 3 aliphatic rings. The van der Waals surface area contributed by atoms with Crippen LogP contribution in [-0.2, 0) is 20.9 Å². The van der Waals surface area contributed by atoms with Gasteiger partial charge in [-0.3, -0.25) is 19.3 Å². The Morgan fingerprint density at radius 1 is 1.20 bits per heavy atom. The van der Waals surface area contributed by atoms with Crippen molar-refractivity contribution in [2.24, 2.45) is 11.8 Å². The Hall–Kier alpha value is -3.47. The van der Waals surface area contributed by atoms with E-state index in [1.807, 2.05) is 38.1 Å². The highest BCUT2D eigenvalue weighted by molar-refractivity contribution is 8.03. The first-order valence-electron chi connectivity index (χ1n) is 13.4. The number of nitrogens with zero attached hydrogens (tertiary/aromatic N) is 2. The number of carboxylic acids is 1. The van der Waals surface area contributed by atoms with E-state index in [1.165, 1.54) is 16.7 Å². The van der Waals surface area contributed by atoms with Crippen molar-refractivity contribution in [3.8, 4) is 0 Å². The quantitative estimate of drug-likeness (QED) is 0.313. The number of aryl methyl sites for hydroxylation is 1. The predicted octanol–water partition coefficient (Wildman–Crippen LogP) is 3.28. The average molecular weight is 564 g/mol. The van der Waals surface area contributed by atoms with Crippen molar-refractivity contribution in [1.29, 1.82) is 0 Å². The lowest BCUT2D eigenvalue weighted by Gasteiger charge is -2.46. The molecule has 40 heavy (non-hydrogen) atoms. The smallest absolute Gasteiger partial charge is 0.353 e. The van der Waals surface area contributed by atoms with Crippen LogP contribution in [0.25, 0.3) is 0 Å². The molecule has 0 bridgehead atoms. The number of anilines is 1. The maximum absolute atomic E-state index is 13.5. The summed E-state index contributed by atoms with van der Waals surface area (Å²) in [6.07, 6.45) is 0.351. The van der Waals surface area contributed by atoms with Gasteiger partial charge in [-0.2, -0.15) is 0 Å². The van der Waals surface area contributed by atoms with E-state index >= 15 is 0 Å². The number of nitrogens with one attached hydrogen (secondary N) is 1. The fourth-order valence-corrected chi connectivity index (χ4v) is 7.65. The van der Waals surface area contributed by atoms with E-state index in [0.29, 0.717) is 35.7 Å². The number of carbonyl (C=O) groups excluding carboxylic acids is 3. The standard InChI is InChI=1S/C30H33N3O6S/c1-16-7-9-19(10-8-16)13-32-14-22(12-23(32)28(36)31-21-6-4-5-20(11-21)15-34)40-27-17(2)25-24(18(3)35)29(37)33(25)26(27)30(38)39/h4-11,15,17-18,22-25,35H,12-14H2,1-3H3,(H,31,36)(H,38,39)/t17-,18-,22+,23+,24-,25-/m1/s1. The van der Waals surface area contributed by atoms with Crippen molar-refractivity contribution in [2.75, 3.05) is 11.9 Å². The van der Waals surface area contributed by atoms with Gasteiger partial charge in [0.15, 0.2) is 0 Å². The van der Waals surface area contributed by atoms with Gasteiger partial charge in [0, 0.05) is 40.4 Å². The van der Waals surface area contributed by atoms with Crippen molar-refractivity contribution < 1.29 is 29.4 Å². The average Bonchev–Trinajstić information content (AvgIpc) is 3.42. The minimum absolute atomic E-state index is 0.00642. The number of benzene rings is 2. The molecule has 2 saturated heterocycles. The molecular weight excluding hydrogens is 530 g/mol. The van der Waals surface area contributed by atoms with Crippen LogP contribution in [0.4, 0.5) is 5.69 Å². The maximum atomic E-state index is 13.5. The minimum Gasteiger partial charge on any atom is -0.477 e. The second-order valence-corrected chi connectivity index (χ2v) is 12.3. The van der Waals surface area contributed by atoms with Gasteiger partial charge in [0.25, 0.3) is 0 Å². The SMILES string of the molecule is Cc1ccc(CN2C[C@@H](SC3=C(C(=O)O)N4C(=O)[C@H]([C@@H](C)O)[C@H]4[C@H]3C)C[C@H]2C(=O)Nc2cccc(C=O)c2)cc1. The van der Waals surface area contributed by atoms with Crippen LogP contribution in [0.3, 0.4) is 0 Å². The fourth-order valence-electron chi connectivity index (χ4n) is 6.10. The van der Waals surface area contributed by atoms with Gasteiger partial charge in [-0.1, -0.05) is 48.9 Å². The molecule has 6 atom stereocenters. The Morgan fingerprint density at radius 2 is 1.93 bits per heavy atom. The van der Waals surface area contributed by atoms with Crippen LogP contribution in [0.15, 0.2) is 59.1 Å². The molecule has 3 heterocycles. The van der Waals surface area contributed by atoms with E-state index in [-0.39, 0.29) is 34.7 Å². The normalized spacial score (nSPS) is 26.9. The number of rotatable bonds is 9. The molecule has 0 unspecified atom stereocenters. The summed E-state index contributed by atoms with van der Waals surface area (Å²) >= 11 is 1.43. The first-order chi connectivity index (χ1) is 19.1. The largest absolute Gasteiger partial charge is 0.477 e. The Morgan fingerprint density at radius 3 is 2.58 bits per heavy atom. The van der Waals surface area contributed by atoms with E-state index in [2.05, 4.69) is 10.2 Å². The number of amides is 2. The molecule has 10 heteroatoms. The van der Waals surface area contributed by atoms with Crippen LogP contribution in [0.2, 0.25) is 0 Å². The molecule has 0 spiro atoms. The fraction of sp³-hybridized carbons (Fsp3) is 0.400. The number of hydrogen-bond donors (Lipinski definition) is 3. The second-order valence-electron chi connectivity index (χ2n) is 10.9. The molecule has 2 amide bonds. The van der Waals surface area contributed by atoms with Crippen LogP contribution in [-0.4, -0.2) is 74.1 Å². The third kappa shape index (κ3) is 5.18. The number of aldehydes is 1. The zero-order valence-electron chi connectivity index (χ0n) is 22.6. The van der Waals surface area contributed by atoms with E-state index < -0.39 is 24.0 Å². The molecule has 2 fully saturated rings. The molecule has 0 saturated carbocycles. The number of β-lactam (4-membered cyclic amide) rings is 1. The summed E-state index contributed by atoms with van der Waals surface area (Å²) in [5.41, 5.74) is 3.20. The van der Waals surface area contributed by atoms with E-state index in [9.17, 15) is 29.4 Å². The number of aliphatic hydroxyl groups excluding tert-OH is 1. The summed E-state index contributed by atoms with van der Waals surface area (Å²) in [5.74, 6) is -2.57. The molecule has 0 aromatic heterocycles. The van der Waals surface area contributed by atoms with Crippen LogP contribution >= 0.6 is 11.8 Å². The third-order valence-electron chi connectivity index (χ3n) is 8.07.